The Morgan fingerprint density at radius 3 is 2.93 bits per heavy atom. The van der Waals surface area contributed by atoms with E-state index in [2.05, 4.69) is 6.92 Å². The molecular weight excluding hydrogens is 176 g/mol. The first kappa shape index (κ1) is 9.25. The topological polar surface area (TPSA) is 26.3 Å². The Morgan fingerprint density at radius 1 is 1.50 bits per heavy atom. The first-order valence-electron chi connectivity index (χ1n) is 5.01. The van der Waals surface area contributed by atoms with Gasteiger partial charge in [-0.25, -0.2) is 0 Å². The Labute approximate surface area is 83.9 Å². The molecule has 1 unspecified atom stereocenters. The Kier molecular flexibility index (Phi) is 2.53. The third kappa shape index (κ3) is 2.13. The monoisotopic (exact) mass is 190 g/mol. The van der Waals surface area contributed by atoms with Gasteiger partial charge in [-0.2, -0.15) is 0 Å². The van der Waals surface area contributed by atoms with Crippen molar-refractivity contribution in [2.45, 2.75) is 25.9 Å². The molecule has 1 aromatic carbocycles. The third-order valence-corrected chi connectivity index (χ3v) is 2.60. The van der Waals surface area contributed by atoms with Crippen LogP contribution in [-0.4, -0.2) is 12.4 Å². The quantitative estimate of drug-likeness (QED) is 0.682. The summed E-state index contributed by atoms with van der Waals surface area (Å²) < 4.78 is 5.72. The van der Waals surface area contributed by atoms with E-state index in [1.807, 2.05) is 12.1 Å². The second-order valence-electron chi connectivity index (χ2n) is 3.85. The van der Waals surface area contributed by atoms with Crippen molar-refractivity contribution in [2.24, 2.45) is 5.92 Å². The van der Waals surface area contributed by atoms with E-state index in [0.29, 0.717) is 5.56 Å². The summed E-state index contributed by atoms with van der Waals surface area (Å²) in [6.07, 6.45) is 3.66. The van der Waals surface area contributed by atoms with E-state index in [9.17, 15) is 4.79 Å². The Bertz CT molecular complexity index is 329. The van der Waals surface area contributed by atoms with Crippen molar-refractivity contribution < 1.29 is 9.53 Å². The van der Waals surface area contributed by atoms with Gasteiger partial charge in [0.2, 0.25) is 0 Å². The van der Waals surface area contributed by atoms with Crippen molar-refractivity contribution in [1.82, 2.24) is 0 Å². The maximum Gasteiger partial charge on any atom is 0.150 e. The number of ether oxygens (including phenoxy) is 1. The molecule has 2 nitrogen and oxygen atoms in total. The van der Waals surface area contributed by atoms with Gasteiger partial charge in [-0.1, -0.05) is 12.1 Å². The highest BCUT2D eigenvalue weighted by molar-refractivity contribution is 5.75. The first-order valence-corrected chi connectivity index (χ1v) is 5.01. The largest absolute Gasteiger partial charge is 0.490 e. The summed E-state index contributed by atoms with van der Waals surface area (Å²) in [5, 5.41) is 0. The fourth-order valence-corrected chi connectivity index (χ4v) is 1.54. The molecule has 0 heterocycles. The summed E-state index contributed by atoms with van der Waals surface area (Å²) in [6, 6.07) is 7.30. The molecule has 1 saturated carbocycles. The highest BCUT2D eigenvalue weighted by Gasteiger charge is 2.29. The Balaban J connectivity index is 2.03. The molecular formula is C12H14O2. The van der Waals surface area contributed by atoms with Crippen molar-refractivity contribution >= 4 is 6.29 Å². The van der Waals surface area contributed by atoms with Crippen LogP contribution in [0.2, 0.25) is 0 Å². The molecule has 0 amide bonds. The second-order valence-corrected chi connectivity index (χ2v) is 3.85. The molecule has 0 N–H and O–H groups in total. The summed E-state index contributed by atoms with van der Waals surface area (Å²) in [7, 11) is 0. The van der Waals surface area contributed by atoms with Crippen LogP contribution in [-0.2, 0) is 0 Å². The number of rotatable bonds is 4. The van der Waals surface area contributed by atoms with Gasteiger partial charge in [0.1, 0.15) is 12.0 Å². The SMILES string of the molecule is CC(Oc1cccc(C=O)c1)C1CC1. The smallest absolute Gasteiger partial charge is 0.150 e. The minimum Gasteiger partial charge on any atom is -0.490 e. The molecule has 1 aliphatic rings. The number of carbonyl (C=O) groups excluding carboxylic acids is 1. The van der Waals surface area contributed by atoms with Crippen LogP contribution in [0.25, 0.3) is 0 Å². The molecule has 2 rings (SSSR count). The lowest BCUT2D eigenvalue weighted by atomic mass is 10.2. The van der Waals surface area contributed by atoms with E-state index >= 15 is 0 Å². The predicted molar refractivity (Wildman–Crippen MR) is 54.6 cm³/mol. The molecule has 0 aliphatic heterocycles. The van der Waals surface area contributed by atoms with Gasteiger partial charge in [0, 0.05) is 5.56 Å². The molecule has 0 radical (unpaired) electrons. The predicted octanol–water partition coefficient (Wildman–Crippen LogP) is 2.68. The van der Waals surface area contributed by atoms with Crippen molar-refractivity contribution in [3.63, 3.8) is 0 Å². The number of carbonyl (C=O) groups is 1. The average molecular weight is 190 g/mol. The molecule has 0 spiro atoms. The molecule has 74 valence electrons. The van der Waals surface area contributed by atoms with Gasteiger partial charge in [-0.3, -0.25) is 4.79 Å². The molecule has 14 heavy (non-hydrogen) atoms. The van der Waals surface area contributed by atoms with Crippen LogP contribution in [0.15, 0.2) is 24.3 Å². The third-order valence-electron chi connectivity index (χ3n) is 2.60. The van der Waals surface area contributed by atoms with Crippen LogP contribution in [0, 0.1) is 5.92 Å². The van der Waals surface area contributed by atoms with Crippen LogP contribution in [0.5, 0.6) is 5.75 Å². The van der Waals surface area contributed by atoms with E-state index in [0.717, 1.165) is 18.0 Å². The molecule has 1 fully saturated rings. The van der Waals surface area contributed by atoms with Crippen molar-refractivity contribution in [2.75, 3.05) is 0 Å². The number of benzene rings is 1. The van der Waals surface area contributed by atoms with E-state index < -0.39 is 0 Å². The maximum absolute atomic E-state index is 10.5. The lowest BCUT2D eigenvalue weighted by Crippen LogP contribution is -2.13. The van der Waals surface area contributed by atoms with Gasteiger partial charge >= 0.3 is 0 Å². The molecule has 1 atom stereocenters. The minimum absolute atomic E-state index is 0.275. The lowest BCUT2D eigenvalue weighted by Gasteiger charge is -2.13. The van der Waals surface area contributed by atoms with E-state index in [1.165, 1.54) is 12.8 Å². The van der Waals surface area contributed by atoms with Crippen LogP contribution in [0.1, 0.15) is 30.1 Å². The molecule has 0 saturated heterocycles. The van der Waals surface area contributed by atoms with Crippen molar-refractivity contribution in [3.8, 4) is 5.75 Å². The summed E-state index contributed by atoms with van der Waals surface area (Å²) in [4.78, 5) is 10.5. The fraction of sp³-hybridized carbons (Fsp3) is 0.417. The number of hydrogen-bond donors (Lipinski definition) is 0. The number of aldehydes is 1. The minimum atomic E-state index is 0.275. The van der Waals surface area contributed by atoms with Crippen molar-refractivity contribution in [3.05, 3.63) is 29.8 Å². The molecule has 0 aromatic heterocycles. The fourth-order valence-electron chi connectivity index (χ4n) is 1.54. The molecule has 1 aromatic rings. The first-order chi connectivity index (χ1) is 6.79. The summed E-state index contributed by atoms with van der Waals surface area (Å²) in [5.74, 6) is 1.52. The lowest BCUT2D eigenvalue weighted by molar-refractivity contribution is 0.112. The highest BCUT2D eigenvalue weighted by Crippen LogP contribution is 2.34. The summed E-state index contributed by atoms with van der Waals surface area (Å²) in [6.45, 7) is 2.09. The molecule has 0 bridgehead atoms. The maximum atomic E-state index is 10.5. The van der Waals surface area contributed by atoms with Gasteiger partial charge in [0.05, 0.1) is 6.10 Å². The van der Waals surface area contributed by atoms with Gasteiger partial charge in [0.25, 0.3) is 0 Å². The Hall–Kier alpha value is -1.31. The van der Waals surface area contributed by atoms with E-state index in [-0.39, 0.29) is 6.10 Å². The summed E-state index contributed by atoms with van der Waals surface area (Å²) >= 11 is 0. The molecule has 1 aliphatic carbocycles. The second kappa shape index (κ2) is 3.82. The van der Waals surface area contributed by atoms with Crippen LogP contribution < -0.4 is 4.74 Å². The van der Waals surface area contributed by atoms with Gasteiger partial charge in [-0.15, -0.1) is 0 Å². The van der Waals surface area contributed by atoms with Gasteiger partial charge in [-0.05, 0) is 37.8 Å². The zero-order valence-corrected chi connectivity index (χ0v) is 8.27. The summed E-state index contributed by atoms with van der Waals surface area (Å²) in [5.41, 5.74) is 0.672. The van der Waals surface area contributed by atoms with E-state index in [4.69, 9.17) is 4.74 Å². The number of hydrogen-bond acceptors (Lipinski definition) is 2. The van der Waals surface area contributed by atoms with Crippen LogP contribution >= 0.6 is 0 Å². The molecule has 2 heteroatoms. The van der Waals surface area contributed by atoms with Crippen LogP contribution in [0.4, 0.5) is 0 Å². The zero-order valence-electron chi connectivity index (χ0n) is 8.27. The van der Waals surface area contributed by atoms with Crippen molar-refractivity contribution in [1.29, 1.82) is 0 Å². The zero-order chi connectivity index (χ0) is 9.97. The van der Waals surface area contributed by atoms with Crippen LogP contribution in [0.3, 0.4) is 0 Å². The van der Waals surface area contributed by atoms with Gasteiger partial charge < -0.3 is 4.74 Å². The average Bonchev–Trinajstić information content (AvgIpc) is 3.01. The van der Waals surface area contributed by atoms with E-state index in [1.54, 1.807) is 12.1 Å². The highest BCUT2D eigenvalue weighted by atomic mass is 16.5. The Morgan fingerprint density at radius 2 is 2.29 bits per heavy atom. The van der Waals surface area contributed by atoms with Gasteiger partial charge in [0.15, 0.2) is 0 Å². The normalized spacial score (nSPS) is 17.5. The standard InChI is InChI=1S/C12H14O2/c1-9(11-5-6-11)14-12-4-2-3-10(7-12)8-13/h2-4,7-9,11H,5-6H2,1H3.